The molecule has 2 heterocycles. The molecule has 0 aliphatic carbocycles. The van der Waals surface area contributed by atoms with Gasteiger partial charge in [-0.15, -0.1) is 0 Å². The fourth-order valence-electron chi connectivity index (χ4n) is 2.02. The van der Waals surface area contributed by atoms with Gasteiger partial charge in [0.25, 0.3) is 0 Å². The highest BCUT2D eigenvalue weighted by Crippen LogP contribution is 2.06. The molecule has 0 bridgehead atoms. The van der Waals surface area contributed by atoms with Crippen molar-refractivity contribution in [3.63, 3.8) is 0 Å². The molecule has 8 nitrogen and oxygen atoms in total. The Kier molecular flexibility index (Phi) is 5.96. The van der Waals surface area contributed by atoms with Gasteiger partial charge in [0.05, 0.1) is 31.2 Å². The molecule has 2 aromatic rings. The van der Waals surface area contributed by atoms with E-state index in [-0.39, 0.29) is 6.03 Å². The van der Waals surface area contributed by atoms with E-state index in [0.29, 0.717) is 25.4 Å². The highest BCUT2D eigenvalue weighted by atomic mass is 16.5. The lowest BCUT2D eigenvalue weighted by atomic mass is 10.1. The number of nitrogens with one attached hydrogen (secondary N) is 3. The Bertz CT molecular complexity index is 592. The van der Waals surface area contributed by atoms with E-state index in [1.165, 1.54) is 5.56 Å². The van der Waals surface area contributed by atoms with Crippen LogP contribution < -0.4 is 10.6 Å². The van der Waals surface area contributed by atoms with Crippen molar-refractivity contribution >= 4 is 11.7 Å². The first kappa shape index (κ1) is 16.0. The van der Waals surface area contributed by atoms with Gasteiger partial charge in [-0.2, -0.15) is 10.2 Å². The molecule has 22 heavy (non-hydrogen) atoms. The lowest BCUT2D eigenvalue weighted by molar-refractivity contribution is 0.183. The lowest BCUT2D eigenvalue weighted by Crippen LogP contribution is -2.29. The third-order valence-electron chi connectivity index (χ3n) is 3.26. The average Bonchev–Trinajstić information content (AvgIpc) is 3.11. The van der Waals surface area contributed by atoms with Crippen molar-refractivity contribution in [3.8, 4) is 0 Å². The van der Waals surface area contributed by atoms with Crippen LogP contribution in [0, 0.1) is 6.92 Å². The zero-order valence-electron chi connectivity index (χ0n) is 12.9. The molecule has 8 heteroatoms. The van der Waals surface area contributed by atoms with Crippen LogP contribution in [0.3, 0.4) is 0 Å². The summed E-state index contributed by atoms with van der Waals surface area (Å²) in [6.45, 7) is 3.84. The number of ether oxygens (including phenoxy) is 1. The third-order valence-corrected chi connectivity index (χ3v) is 3.26. The van der Waals surface area contributed by atoms with Crippen LogP contribution >= 0.6 is 0 Å². The second-order valence-electron chi connectivity index (χ2n) is 4.99. The van der Waals surface area contributed by atoms with Crippen LogP contribution in [-0.4, -0.2) is 46.3 Å². The highest BCUT2D eigenvalue weighted by molar-refractivity contribution is 5.88. The zero-order valence-corrected chi connectivity index (χ0v) is 12.9. The van der Waals surface area contributed by atoms with Gasteiger partial charge in [0.15, 0.2) is 0 Å². The predicted molar refractivity (Wildman–Crippen MR) is 82.8 cm³/mol. The normalized spacial score (nSPS) is 10.6. The van der Waals surface area contributed by atoms with E-state index in [2.05, 4.69) is 25.9 Å². The molecular formula is C14H22N6O2. The van der Waals surface area contributed by atoms with E-state index in [0.717, 1.165) is 18.5 Å². The van der Waals surface area contributed by atoms with Gasteiger partial charge in [-0.05, 0) is 25.3 Å². The van der Waals surface area contributed by atoms with Gasteiger partial charge in [0.2, 0.25) is 0 Å². The molecule has 0 saturated heterocycles. The van der Waals surface area contributed by atoms with Crippen LogP contribution in [0.25, 0.3) is 0 Å². The fraction of sp³-hybridized carbons (Fsp3) is 0.500. The van der Waals surface area contributed by atoms with Crippen LogP contribution in [0.4, 0.5) is 10.5 Å². The monoisotopic (exact) mass is 306 g/mol. The summed E-state index contributed by atoms with van der Waals surface area (Å²) in [6.07, 6.45) is 6.96. The number of carbonyl (C=O) groups excluding carboxylic acids is 1. The Morgan fingerprint density at radius 3 is 3.05 bits per heavy atom. The topological polar surface area (TPSA) is 96.9 Å². The van der Waals surface area contributed by atoms with Crippen molar-refractivity contribution in [2.75, 3.05) is 25.6 Å². The quantitative estimate of drug-likeness (QED) is 0.641. The predicted octanol–water partition coefficient (Wildman–Crippen LogP) is 1.32. The SMILES string of the molecule is COCCn1cc(NC(=O)NCCCc2cn[nH]c2C)cn1. The average molecular weight is 306 g/mol. The van der Waals surface area contributed by atoms with Crippen molar-refractivity contribution in [3.05, 3.63) is 29.8 Å². The van der Waals surface area contributed by atoms with Crippen molar-refractivity contribution in [1.29, 1.82) is 0 Å². The molecule has 0 aliphatic heterocycles. The van der Waals surface area contributed by atoms with Gasteiger partial charge in [0, 0.05) is 25.5 Å². The number of amides is 2. The fourth-order valence-corrected chi connectivity index (χ4v) is 2.02. The molecule has 0 aromatic carbocycles. The van der Waals surface area contributed by atoms with Crippen molar-refractivity contribution < 1.29 is 9.53 Å². The van der Waals surface area contributed by atoms with E-state index in [9.17, 15) is 4.79 Å². The Morgan fingerprint density at radius 1 is 1.45 bits per heavy atom. The summed E-state index contributed by atoms with van der Waals surface area (Å²) in [7, 11) is 1.64. The van der Waals surface area contributed by atoms with Gasteiger partial charge < -0.3 is 15.4 Å². The summed E-state index contributed by atoms with van der Waals surface area (Å²) < 4.78 is 6.70. The number of H-pyrrole nitrogens is 1. The summed E-state index contributed by atoms with van der Waals surface area (Å²) in [5.41, 5.74) is 2.92. The standard InChI is InChI=1S/C14H22N6O2/c1-11-12(8-16-19-11)4-3-5-15-14(21)18-13-9-17-20(10-13)6-7-22-2/h8-10H,3-7H2,1-2H3,(H,16,19)(H2,15,18,21). The van der Waals surface area contributed by atoms with E-state index >= 15 is 0 Å². The minimum atomic E-state index is -0.227. The maximum atomic E-state index is 11.8. The first-order chi connectivity index (χ1) is 10.7. The highest BCUT2D eigenvalue weighted by Gasteiger charge is 2.04. The number of aryl methyl sites for hydroxylation is 2. The summed E-state index contributed by atoms with van der Waals surface area (Å²) in [5, 5.41) is 16.6. The summed E-state index contributed by atoms with van der Waals surface area (Å²) in [6, 6.07) is -0.227. The third kappa shape index (κ3) is 4.88. The van der Waals surface area contributed by atoms with E-state index in [4.69, 9.17) is 4.74 Å². The second-order valence-corrected chi connectivity index (χ2v) is 4.99. The molecule has 2 aromatic heterocycles. The summed E-state index contributed by atoms with van der Waals surface area (Å²) >= 11 is 0. The number of hydrogen-bond acceptors (Lipinski definition) is 4. The van der Waals surface area contributed by atoms with Gasteiger partial charge >= 0.3 is 6.03 Å². The molecule has 0 saturated carbocycles. The molecule has 0 radical (unpaired) electrons. The minimum Gasteiger partial charge on any atom is -0.383 e. The number of rotatable bonds is 8. The van der Waals surface area contributed by atoms with Gasteiger partial charge in [0.1, 0.15) is 0 Å². The zero-order chi connectivity index (χ0) is 15.8. The van der Waals surface area contributed by atoms with Crippen LogP contribution in [-0.2, 0) is 17.7 Å². The minimum absolute atomic E-state index is 0.227. The number of aromatic amines is 1. The summed E-state index contributed by atoms with van der Waals surface area (Å²) in [4.78, 5) is 11.8. The molecule has 0 aliphatic rings. The van der Waals surface area contributed by atoms with E-state index < -0.39 is 0 Å². The van der Waals surface area contributed by atoms with Crippen LogP contribution in [0.15, 0.2) is 18.6 Å². The lowest BCUT2D eigenvalue weighted by Gasteiger charge is -2.05. The van der Waals surface area contributed by atoms with Gasteiger partial charge in [-0.1, -0.05) is 0 Å². The van der Waals surface area contributed by atoms with Crippen LogP contribution in [0.1, 0.15) is 17.7 Å². The second kappa shape index (κ2) is 8.18. The molecule has 0 spiro atoms. The number of anilines is 1. The Balaban J connectivity index is 1.65. The maximum absolute atomic E-state index is 11.8. The number of methoxy groups -OCH3 is 1. The number of nitrogens with zero attached hydrogens (tertiary/aromatic N) is 3. The Hall–Kier alpha value is -2.35. The van der Waals surface area contributed by atoms with Gasteiger partial charge in [-0.25, -0.2) is 4.79 Å². The van der Waals surface area contributed by atoms with Crippen LogP contribution in [0.2, 0.25) is 0 Å². The number of carbonyl (C=O) groups is 1. The first-order valence-electron chi connectivity index (χ1n) is 7.24. The molecule has 0 unspecified atom stereocenters. The largest absolute Gasteiger partial charge is 0.383 e. The molecular weight excluding hydrogens is 284 g/mol. The molecule has 3 N–H and O–H groups in total. The van der Waals surface area contributed by atoms with E-state index in [1.54, 1.807) is 24.2 Å². The molecule has 0 fully saturated rings. The van der Waals surface area contributed by atoms with Crippen molar-refractivity contribution in [2.24, 2.45) is 0 Å². The smallest absolute Gasteiger partial charge is 0.319 e. The van der Waals surface area contributed by atoms with Crippen LogP contribution in [0.5, 0.6) is 0 Å². The van der Waals surface area contributed by atoms with E-state index in [1.807, 2.05) is 13.1 Å². The van der Waals surface area contributed by atoms with Crippen molar-refractivity contribution in [1.82, 2.24) is 25.3 Å². The van der Waals surface area contributed by atoms with Crippen molar-refractivity contribution in [2.45, 2.75) is 26.3 Å². The van der Waals surface area contributed by atoms with Gasteiger partial charge in [-0.3, -0.25) is 9.78 Å². The molecule has 2 rings (SSSR count). The number of aromatic nitrogens is 4. The molecule has 120 valence electrons. The number of urea groups is 1. The molecule has 2 amide bonds. The first-order valence-corrected chi connectivity index (χ1v) is 7.24. The number of hydrogen-bond donors (Lipinski definition) is 3. The Labute approximate surface area is 129 Å². The summed E-state index contributed by atoms with van der Waals surface area (Å²) in [5.74, 6) is 0. The Morgan fingerprint density at radius 2 is 2.32 bits per heavy atom. The maximum Gasteiger partial charge on any atom is 0.319 e. The molecule has 0 atom stereocenters.